The number of hydrogen-bond donors (Lipinski definition) is 3. The van der Waals surface area contributed by atoms with Gasteiger partial charge in [0.05, 0.1) is 24.8 Å². The zero-order valence-corrected chi connectivity index (χ0v) is 22.8. The van der Waals surface area contributed by atoms with Crippen LogP contribution in [0.3, 0.4) is 0 Å². The molecular weight excluding hydrogens is 588 g/mol. The number of carbonyl (C=O) groups is 2. The highest BCUT2D eigenvalue weighted by atomic mass is 36.0. The number of benzene rings is 2. The van der Waals surface area contributed by atoms with E-state index in [1.54, 1.807) is 32.4 Å². The second-order valence-electron chi connectivity index (χ2n) is 5.95. The third-order valence-electron chi connectivity index (χ3n) is 3.35. The summed E-state index contributed by atoms with van der Waals surface area (Å²) in [5.41, 5.74) is 6.95. The summed E-state index contributed by atoms with van der Waals surface area (Å²) in [7, 11) is 3.24. The summed E-state index contributed by atoms with van der Waals surface area (Å²) in [4.78, 5) is 23.0. The predicted molar refractivity (Wildman–Crippen MR) is 141 cm³/mol. The third-order valence-corrected chi connectivity index (χ3v) is 3.86. The molecule has 0 saturated heterocycles. The van der Waals surface area contributed by atoms with Crippen molar-refractivity contribution < 1.29 is 33.8 Å². The van der Waals surface area contributed by atoms with E-state index in [1.807, 2.05) is 30.3 Å². The normalized spacial score (nSPS) is 9.80. The van der Waals surface area contributed by atoms with Crippen molar-refractivity contribution in [1.82, 2.24) is 4.98 Å². The second-order valence-corrected chi connectivity index (χ2v) is 13.4. The van der Waals surface area contributed by atoms with Gasteiger partial charge in [0.15, 0.2) is 0 Å². The van der Waals surface area contributed by atoms with Crippen LogP contribution in [0.1, 0.15) is 6.42 Å². The fourth-order valence-electron chi connectivity index (χ4n) is 1.99. The molecular formula is C20H20Cl5N2O7P. The van der Waals surface area contributed by atoms with Gasteiger partial charge in [-0.3, -0.25) is 14.2 Å². The Balaban J connectivity index is 0.000000479. The lowest BCUT2D eigenvalue weighted by atomic mass is 10.2. The van der Waals surface area contributed by atoms with E-state index in [-0.39, 0.29) is 0 Å². The molecule has 0 aliphatic rings. The smallest absolute Gasteiger partial charge is 0.339 e. The molecule has 0 unspecified atom stereocenters. The second kappa shape index (κ2) is 16.5. The third kappa shape index (κ3) is 17.0. The molecule has 0 aliphatic carbocycles. The number of aromatic nitrogens is 1. The Bertz CT molecular complexity index is 1140. The molecule has 2 aromatic carbocycles. The Hall–Kier alpha value is -2.13. The van der Waals surface area contributed by atoms with Gasteiger partial charge in [0.1, 0.15) is 23.1 Å². The van der Waals surface area contributed by atoms with Gasteiger partial charge in [-0.25, -0.2) is 4.98 Å². The zero-order valence-electron chi connectivity index (χ0n) is 18.1. The monoisotopic (exact) mass is 606 g/mol. The van der Waals surface area contributed by atoms with E-state index in [0.717, 1.165) is 28.1 Å². The zero-order chi connectivity index (χ0) is 27.2. The highest BCUT2D eigenvalue weighted by Gasteiger charge is 2.04. The van der Waals surface area contributed by atoms with Crippen LogP contribution in [0.5, 0.6) is 11.5 Å². The minimum atomic E-state index is -3.22. The molecule has 0 amide bonds. The van der Waals surface area contributed by atoms with Crippen LogP contribution in [0.2, 0.25) is 10.2 Å². The largest absolute Gasteiger partial charge is 0.497 e. The number of carboxylic acids is 2. The van der Waals surface area contributed by atoms with Crippen LogP contribution in [0.25, 0.3) is 10.9 Å². The number of aliphatic carboxylic acids is 2. The number of methoxy groups -OCH3 is 2. The van der Waals surface area contributed by atoms with Gasteiger partial charge in [0.2, 0.25) is 0 Å². The number of ether oxygens (including phenoxy) is 2. The van der Waals surface area contributed by atoms with Crippen molar-refractivity contribution in [3.63, 3.8) is 0 Å². The topological polar surface area (TPSA) is 149 Å². The first-order valence-electron chi connectivity index (χ1n) is 8.98. The maximum atomic E-state index is 9.51. The fraction of sp³-hybridized carbons (Fsp3) is 0.150. The van der Waals surface area contributed by atoms with Gasteiger partial charge in [0, 0.05) is 11.1 Å². The van der Waals surface area contributed by atoms with Crippen LogP contribution >= 0.6 is 62.1 Å². The average Bonchev–Trinajstić information content (AvgIpc) is 2.73. The van der Waals surface area contributed by atoms with Crippen LogP contribution < -0.4 is 15.2 Å². The maximum absolute atomic E-state index is 9.51. The molecule has 4 N–H and O–H groups in total. The molecule has 0 fully saturated rings. The minimum absolute atomic E-state index is 0.396. The van der Waals surface area contributed by atoms with Crippen molar-refractivity contribution in [2.24, 2.45) is 0 Å². The van der Waals surface area contributed by atoms with Crippen LogP contribution in [0.15, 0.2) is 48.5 Å². The van der Waals surface area contributed by atoms with E-state index in [0.29, 0.717) is 10.2 Å². The fourth-order valence-corrected chi connectivity index (χ4v) is 2.50. The van der Waals surface area contributed by atoms with Crippen LogP contribution in [0.4, 0.5) is 5.69 Å². The summed E-state index contributed by atoms with van der Waals surface area (Å²) < 4.78 is 19.5. The highest BCUT2D eigenvalue weighted by Crippen LogP contribution is 2.61. The summed E-state index contributed by atoms with van der Waals surface area (Å²) in [5.74, 6) is -1.03. The summed E-state index contributed by atoms with van der Waals surface area (Å²) in [6.45, 7) is 0. The molecule has 0 spiro atoms. The average molecular weight is 609 g/mol. The number of halogens is 5. The Kier molecular flexibility index (Phi) is 15.5. The minimum Gasteiger partial charge on any atom is -0.497 e. The number of nitrogens with zero attached hydrogens (tertiary/aromatic N) is 1. The van der Waals surface area contributed by atoms with Crippen molar-refractivity contribution in [2.75, 3.05) is 20.0 Å². The van der Waals surface area contributed by atoms with E-state index in [9.17, 15) is 14.2 Å². The lowest BCUT2D eigenvalue weighted by molar-refractivity contribution is -0.147. The van der Waals surface area contributed by atoms with Gasteiger partial charge in [-0.15, -0.1) is 0 Å². The molecule has 0 bridgehead atoms. The number of nitrogen functional groups attached to an aromatic ring is 1. The molecule has 35 heavy (non-hydrogen) atoms. The maximum Gasteiger partial charge on any atom is 0.339 e. The summed E-state index contributed by atoms with van der Waals surface area (Å²) in [6, 6.07) is 14.4. The van der Waals surface area contributed by atoms with Gasteiger partial charge in [-0.2, -0.15) is 0 Å². The molecule has 3 aromatic rings. The molecule has 0 saturated carbocycles. The van der Waals surface area contributed by atoms with Crippen molar-refractivity contribution in [1.29, 1.82) is 0 Å². The number of fused-ring (bicyclic) bond motifs is 1. The lowest BCUT2D eigenvalue weighted by Crippen LogP contribution is -2.03. The van der Waals surface area contributed by atoms with Crippen molar-refractivity contribution in [3.05, 3.63) is 58.7 Å². The van der Waals surface area contributed by atoms with Gasteiger partial charge >= 0.3 is 17.1 Å². The summed E-state index contributed by atoms with van der Waals surface area (Å²) in [5, 5.41) is 14.0. The first-order chi connectivity index (χ1) is 16.2. The molecule has 0 aliphatic heterocycles. The standard InChI is InChI=1S/C10H7Cl2NO.C7H9NO.C3H4O4.Cl3OP/c1-14-6-2-3-9-7(4-6)8(11)5-10(12)13-9;1-9-7-4-2-6(8)3-5-7;4-2(5)1-3(6)7;1-5(2,3)4/h2-5H,1H3;2-5H,8H2,1H3;1H2,(H,4,5)(H,6,7);. The number of rotatable bonds is 4. The molecule has 192 valence electrons. The first kappa shape index (κ1) is 32.9. The number of hydrogen-bond acceptors (Lipinski definition) is 7. The Morgan fingerprint density at radius 3 is 1.77 bits per heavy atom. The van der Waals surface area contributed by atoms with Crippen molar-refractivity contribution >= 4 is 90.7 Å². The molecule has 1 heterocycles. The summed E-state index contributed by atoms with van der Waals surface area (Å²) in [6.07, 6.45) is -0.806. The predicted octanol–water partition coefficient (Wildman–Crippen LogP) is 7.18. The molecule has 0 atom stereocenters. The Morgan fingerprint density at radius 1 is 0.914 bits per heavy atom. The van der Waals surface area contributed by atoms with Crippen LogP contribution in [-0.4, -0.2) is 41.4 Å². The van der Waals surface area contributed by atoms with E-state index in [1.165, 1.54) is 0 Å². The van der Waals surface area contributed by atoms with Gasteiger partial charge in [-0.05, 0) is 82.3 Å². The van der Waals surface area contributed by atoms with E-state index in [4.69, 9.17) is 48.6 Å². The molecule has 0 radical (unpaired) electrons. The van der Waals surface area contributed by atoms with Crippen molar-refractivity contribution in [3.8, 4) is 11.5 Å². The van der Waals surface area contributed by atoms with Crippen molar-refractivity contribution in [2.45, 2.75) is 6.42 Å². The molecule has 1 aromatic heterocycles. The van der Waals surface area contributed by atoms with E-state index < -0.39 is 23.6 Å². The number of nitrogens with two attached hydrogens (primary N) is 1. The Morgan fingerprint density at radius 2 is 1.37 bits per heavy atom. The molecule has 9 nitrogen and oxygen atoms in total. The van der Waals surface area contributed by atoms with E-state index >= 15 is 0 Å². The SMILES string of the molecule is COc1ccc(N)cc1.COc1ccc2nc(Cl)cc(Cl)c2c1.O=C(O)CC(=O)O.O=P(Cl)(Cl)Cl. The lowest BCUT2D eigenvalue weighted by Gasteiger charge is -2.03. The number of anilines is 1. The van der Waals surface area contributed by atoms with Gasteiger partial charge in [-0.1, -0.05) is 23.2 Å². The molecule has 15 heteroatoms. The Labute approximate surface area is 225 Å². The van der Waals surface area contributed by atoms with Crippen LogP contribution in [0, 0.1) is 0 Å². The van der Waals surface area contributed by atoms with E-state index in [2.05, 4.69) is 38.7 Å². The molecule has 3 rings (SSSR count). The first-order valence-corrected chi connectivity index (χ1v) is 14.2. The highest BCUT2D eigenvalue weighted by molar-refractivity contribution is 8.24. The van der Waals surface area contributed by atoms with Gasteiger partial charge < -0.3 is 25.4 Å². The van der Waals surface area contributed by atoms with Crippen LogP contribution in [-0.2, 0) is 14.2 Å². The van der Waals surface area contributed by atoms with Gasteiger partial charge in [0.25, 0.3) is 0 Å². The number of carboxylic acid groups (broad SMARTS) is 2. The quantitative estimate of drug-likeness (QED) is 0.121. The number of pyridine rings is 1. The summed E-state index contributed by atoms with van der Waals surface area (Å²) >= 11 is 25.6.